The minimum absolute atomic E-state index is 0.0609. The number of pyridine rings is 1. The van der Waals surface area contributed by atoms with E-state index in [9.17, 15) is 9.59 Å². The molecule has 1 heterocycles. The Morgan fingerprint density at radius 2 is 1.79 bits per heavy atom. The summed E-state index contributed by atoms with van der Waals surface area (Å²) in [5.41, 5.74) is 4.60. The fourth-order valence-corrected chi connectivity index (χ4v) is 3.63. The second-order valence-electron chi connectivity index (χ2n) is 8.06. The molecular formula is C25H33N3O5. The Balaban J connectivity index is 2.53. The number of rotatable bonds is 10. The summed E-state index contributed by atoms with van der Waals surface area (Å²) in [6, 6.07) is 4.19. The number of nitrogens with one attached hydrogen (secondary N) is 2. The van der Waals surface area contributed by atoms with Crippen LogP contribution in [-0.2, 0) is 9.59 Å². The number of carboxylic acids is 1. The molecule has 0 atom stereocenters. The van der Waals surface area contributed by atoms with Gasteiger partial charge in [-0.3, -0.25) is 9.59 Å². The van der Waals surface area contributed by atoms with Gasteiger partial charge < -0.3 is 25.2 Å². The molecule has 0 fully saturated rings. The maximum absolute atomic E-state index is 12.4. The Kier molecular flexibility index (Phi) is 8.85. The monoisotopic (exact) mass is 455 g/mol. The topological polar surface area (TPSA) is 110 Å². The summed E-state index contributed by atoms with van der Waals surface area (Å²) >= 11 is 0. The molecule has 1 amide bonds. The van der Waals surface area contributed by atoms with E-state index in [0.717, 1.165) is 33.6 Å². The van der Waals surface area contributed by atoms with E-state index < -0.39 is 5.97 Å². The molecule has 0 spiro atoms. The van der Waals surface area contributed by atoms with Gasteiger partial charge in [0.1, 0.15) is 17.3 Å². The molecule has 8 heteroatoms. The highest BCUT2D eigenvalue weighted by Crippen LogP contribution is 2.44. The van der Waals surface area contributed by atoms with Crippen molar-refractivity contribution in [3.63, 3.8) is 0 Å². The summed E-state index contributed by atoms with van der Waals surface area (Å²) in [6.07, 6.45) is 3.39. The Hall–Kier alpha value is -3.55. The average Bonchev–Trinajstić information content (AvgIpc) is 2.75. The highest BCUT2D eigenvalue weighted by atomic mass is 16.5. The van der Waals surface area contributed by atoms with Crippen LogP contribution in [0.4, 0.5) is 5.82 Å². The Bertz CT molecular complexity index is 1040. The van der Waals surface area contributed by atoms with Gasteiger partial charge in [0.05, 0.1) is 20.6 Å². The normalized spacial score (nSPS) is 11.3. The highest BCUT2D eigenvalue weighted by molar-refractivity contribution is 5.98. The molecule has 0 aliphatic carbocycles. The van der Waals surface area contributed by atoms with E-state index >= 15 is 0 Å². The van der Waals surface area contributed by atoms with E-state index in [4.69, 9.17) is 14.6 Å². The van der Waals surface area contributed by atoms with Crippen LogP contribution in [0.25, 0.3) is 17.2 Å². The van der Waals surface area contributed by atoms with Gasteiger partial charge in [0.25, 0.3) is 0 Å². The number of hydrogen-bond acceptors (Lipinski definition) is 6. The number of aromatic nitrogens is 1. The van der Waals surface area contributed by atoms with Crippen molar-refractivity contribution in [3.8, 4) is 22.6 Å². The average molecular weight is 456 g/mol. The van der Waals surface area contributed by atoms with Crippen molar-refractivity contribution in [1.82, 2.24) is 10.3 Å². The van der Waals surface area contributed by atoms with Gasteiger partial charge in [0.2, 0.25) is 5.91 Å². The lowest BCUT2D eigenvalue weighted by molar-refractivity contribution is -0.136. The van der Waals surface area contributed by atoms with Crippen LogP contribution < -0.4 is 20.1 Å². The number of carbonyl (C=O) groups is 2. The Labute approximate surface area is 195 Å². The largest absolute Gasteiger partial charge is 0.496 e. The van der Waals surface area contributed by atoms with Crippen LogP contribution in [0.15, 0.2) is 23.9 Å². The minimum atomic E-state index is -0.965. The molecule has 0 unspecified atom stereocenters. The molecule has 3 N–H and O–H groups in total. The van der Waals surface area contributed by atoms with Crippen molar-refractivity contribution in [3.05, 3.63) is 40.6 Å². The third kappa shape index (κ3) is 6.25. The van der Waals surface area contributed by atoms with Crippen molar-refractivity contribution >= 4 is 23.8 Å². The molecule has 1 aromatic heterocycles. The zero-order chi connectivity index (χ0) is 24.7. The molecule has 0 saturated carbocycles. The van der Waals surface area contributed by atoms with Gasteiger partial charge >= 0.3 is 5.97 Å². The summed E-state index contributed by atoms with van der Waals surface area (Å²) in [5, 5.41) is 14.7. The molecule has 2 rings (SSSR count). The molecule has 2 aromatic rings. The number of benzene rings is 1. The molecule has 178 valence electrons. The zero-order valence-corrected chi connectivity index (χ0v) is 20.3. The van der Waals surface area contributed by atoms with E-state index in [1.165, 1.54) is 0 Å². The van der Waals surface area contributed by atoms with Crippen molar-refractivity contribution in [2.24, 2.45) is 0 Å². The molecule has 0 radical (unpaired) electrons. The molecule has 0 aliphatic heterocycles. The number of methoxy groups -OCH3 is 2. The summed E-state index contributed by atoms with van der Waals surface area (Å²) in [6.45, 7) is 9.69. The van der Waals surface area contributed by atoms with Crippen molar-refractivity contribution in [1.29, 1.82) is 0 Å². The number of anilines is 1. The van der Waals surface area contributed by atoms with Gasteiger partial charge in [-0.05, 0) is 52.8 Å². The number of amides is 1. The third-order valence-corrected chi connectivity index (χ3v) is 5.17. The van der Waals surface area contributed by atoms with Gasteiger partial charge in [0, 0.05) is 52.2 Å². The second kappa shape index (κ2) is 11.4. The van der Waals surface area contributed by atoms with E-state index in [0.29, 0.717) is 17.1 Å². The first-order valence-electron chi connectivity index (χ1n) is 10.8. The van der Waals surface area contributed by atoms with Crippen molar-refractivity contribution < 1.29 is 24.2 Å². The smallest absolute Gasteiger partial charge is 0.305 e. The number of ether oxygens (including phenoxy) is 2. The van der Waals surface area contributed by atoms with Crippen molar-refractivity contribution in [2.45, 2.75) is 47.1 Å². The Morgan fingerprint density at radius 3 is 2.30 bits per heavy atom. The summed E-state index contributed by atoms with van der Waals surface area (Å²) in [4.78, 5) is 27.6. The molecule has 8 nitrogen and oxygen atoms in total. The fourth-order valence-electron chi connectivity index (χ4n) is 3.63. The number of nitrogens with zero attached hydrogens (tertiary/aromatic N) is 1. The van der Waals surface area contributed by atoms with Crippen LogP contribution in [0.1, 0.15) is 43.9 Å². The molecule has 33 heavy (non-hydrogen) atoms. The van der Waals surface area contributed by atoms with Crippen LogP contribution in [-0.4, -0.2) is 48.8 Å². The quantitative estimate of drug-likeness (QED) is 0.461. The third-order valence-electron chi connectivity index (χ3n) is 5.17. The van der Waals surface area contributed by atoms with Crippen LogP contribution in [0.2, 0.25) is 0 Å². The standard InChI is InChI=1S/C25H33N3O5/c1-14(2)28-20-9-8-18(13-27-20)22-17(5)23(32-6)19(16(4)24(22)33-7)12-15(3)25(31)26-11-10-21(29)30/h8-9,12-14H,10-11H2,1-7H3,(H,26,31)(H,27,28)(H,29,30)/b15-12+. The first kappa shape index (κ1) is 25.7. The molecule has 0 bridgehead atoms. The fraction of sp³-hybridized carbons (Fsp3) is 0.400. The summed E-state index contributed by atoms with van der Waals surface area (Å²) in [5.74, 6) is 0.789. The van der Waals surface area contributed by atoms with Gasteiger partial charge in [-0.2, -0.15) is 0 Å². The number of carbonyl (C=O) groups excluding carboxylic acids is 1. The molecule has 0 aliphatic rings. The second-order valence-corrected chi connectivity index (χ2v) is 8.06. The number of aliphatic carboxylic acids is 1. The summed E-state index contributed by atoms with van der Waals surface area (Å²) in [7, 11) is 3.20. The first-order chi connectivity index (χ1) is 15.6. The van der Waals surface area contributed by atoms with E-state index in [1.54, 1.807) is 33.4 Å². The van der Waals surface area contributed by atoms with E-state index in [-0.39, 0.29) is 24.9 Å². The van der Waals surface area contributed by atoms with Crippen LogP contribution in [0, 0.1) is 13.8 Å². The van der Waals surface area contributed by atoms with Gasteiger partial charge in [0.15, 0.2) is 0 Å². The lowest BCUT2D eigenvalue weighted by Crippen LogP contribution is -2.26. The lowest BCUT2D eigenvalue weighted by atomic mass is 9.91. The maximum Gasteiger partial charge on any atom is 0.305 e. The van der Waals surface area contributed by atoms with Gasteiger partial charge in [-0.25, -0.2) is 4.98 Å². The van der Waals surface area contributed by atoms with Crippen molar-refractivity contribution in [2.75, 3.05) is 26.1 Å². The number of carboxylic acid groups (broad SMARTS) is 1. The summed E-state index contributed by atoms with van der Waals surface area (Å²) < 4.78 is 11.5. The van der Waals surface area contributed by atoms with E-state index in [1.807, 2.05) is 26.0 Å². The minimum Gasteiger partial charge on any atom is -0.496 e. The molecular weight excluding hydrogens is 422 g/mol. The predicted octanol–water partition coefficient (Wildman–Crippen LogP) is 4.20. The van der Waals surface area contributed by atoms with Crippen LogP contribution in [0.3, 0.4) is 0 Å². The SMILES string of the molecule is COc1c(C)c(-c2ccc(NC(C)C)nc2)c(OC)c(C)c1/C=C(\C)C(=O)NCCC(=O)O. The van der Waals surface area contributed by atoms with Crippen LogP contribution >= 0.6 is 0 Å². The first-order valence-corrected chi connectivity index (χ1v) is 10.8. The maximum atomic E-state index is 12.4. The predicted molar refractivity (Wildman–Crippen MR) is 130 cm³/mol. The zero-order valence-electron chi connectivity index (χ0n) is 20.3. The highest BCUT2D eigenvalue weighted by Gasteiger charge is 2.22. The lowest BCUT2D eigenvalue weighted by Gasteiger charge is -2.21. The molecule has 0 saturated heterocycles. The van der Waals surface area contributed by atoms with Gasteiger partial charge in [-0.1, -0.05) is 0 Å². The van der Waals surface area contributed by atoms with Crippen LogP contribution in [0.5, 0.6) is 11.5 Å². The number of hydrogen-bond donors (Lipinski definition) is 3. The molecule has 1 aromatic carbocycles. The Morgan fingerprint density at radius 1 is 1.12 bits per heavy atom. The van der Waals surface area contributed by atoms with E-state index in [2.05, 4.69) is 29.5 Å². The van der Waals surface area contributed by atoms with Gasteiger partial charge in [-0.15, -0.1) is 0 Å².